The van der Waals surface area contributed by atoms with Gasteiger partial charge in [0.25, 0.3) is 0 Å². The highest BCUT2D eigenvalue weighted by atomic mass is 32.2. The van der Waals surface area contributed by atoms with Gasteiger partial charge in [-0.25, -0.2) is 0 Å². The molecule has 0 aromatic heterocycles. The van der Waals surface area contributed by atoms with Crippen LogP contribution in [0.2, 0.25) is 0 Å². The second kappa shape index (κ2) is 4.72. The number of hydrogen-bond donors (Lipinski definition) is 2. The molecule has 98 valence electrons. The van der Waals surface area contributed by atoms with Crippen LogP contribution in [-0.4, -0.2) is 48.4 Å². The van der Waals surface area contributed by atoms with Gasteiger partial charge in [0.1, 0.15) is 0 Å². The van der Waals surface area contributed by atoms with Crippen molar-refractivity contribution >= 4 is 11.8 Å². The lowest BCUT2D eigenvalue weighted by atomic mass is 9.88. The summed E-state index contributed by atoms with van der Waals surface area (Å²) in [6.07, 6.45) is 4.91. The molecule has 3 aliphatic heterocycles. The van der Waals surface area contributed by atoms with Crippen LogP contribution >= 0.6 is 11.8 Å². The zero-order chi connectivity index (χ0) is 11.8. The number of hydrogen-bond acceptors (Lipinski definition) is 4. The third-order valence-electron chi connectivity index (χ3n) is 4.48. The van der Waals surface area contributed by atoms with Gasteiger partial charge in [-0.1, -0.05) is 0 Å². The van der Waals surface area contributed by atoms with Crippen molar-refractivity contribution in [1.29, 1.82) is 0 Å². The third kappa shape index (κ3) is 2.65. The molecule has 0 bridgehead atoms. The van der Waals surface area contributed by atoms with Gasteiger partial charge in [0.05, 0.1) is 5.60 Å². The molecule has 3 unspecified atom stereocenters. The molecule has 3 aliphatic rings. The van der Waals surface area contributed by atoms with E-state index in [9.17, 15) is 0 Å². The first kappa shape index (κ1) is 12.3. The van der Waals surface area contributed by atoms with Crippen molar-refractivity contribution in [2.24, 2.45) is 0 Å². The molecule has 2 N–H and O–H groups in total. The SMILES string of the molecule is CC1(NC2CCOC3(CCSC3)C2)CCNC1. The highest BCUT2D eigenvalue weighted by Crippen LogP contribution is 2.38. The van der Waals surface area contributed by atoms with E-state index >= 15 is 0 Å². The van der Waals surface area contributed by atoms with Crippen molar-refractivity contribution < 1.29 is 4.74 Å². The van der Waals surface area contributed by atoms with E-state index in [0.717, 1.165) is 19.7 Å². The zero-order valence-corrected chi connectivity index (χ0v) is 11.6. The van der Waals surface area contributed by atoms with Gasteiger partial charge in [-0.3, -0.25) is 0 Å². The Bertz CT molecular complexity index is 271. The number of thioether (sulfide) groups is 1. The van der Waals surface area contributed by atoms with Crippen molar-refractivity contribution in [3.63, 3.8) is 0 Å². The summed E-state index contributed by atoms with van der Waals surface area (Å²) >= 11 is 2.06. The molecule has 17 heavy (non-hydrogen) atoms. The molecule has 3 heterocycles. The number of nitrogens with one attached hydrogen (secondary N) is 2. The Hall–Kier alpha value is 0.230. The highest BCUT2D eigenvalue weighted by Gasteiger charge is 2.42. The van der Waals surface area contributed by atoms with Crippen molar-refractivity contribution in [3.05, 3.63) is 0 Å². The summed E-state index contributed by atoms with van der Waals surface area (Å²) in [5.41, 5.74) is 0.526. The topological polar surface area (TPSA) is 33.3 Å². The van der Waals surface area contributed by atoms with E-state index in [0.29, 0.717) is 11.6 Å². The van der Waals surface area contributed by atoms with E-state index in [-0.39, 0.29) is 5.60 Å². The Morgan fingerprint density at radius 2 is 2.35 bits per heavy atom. The van der Waals surface area contributed by atoms with Gasteiger partial charge >= 0.3 is 0 Å². The average Bonchev–Trinajstić information content (AvgIpc) is 2.89. The van der Waals surface area contributed by atoms with Gasteiger partial charge in [-0.05, 0) is 44.9 Å². The van der Waals surface area contributed by atoms with Crippen LogP contribution in [0.5, 0.6) is 0 Å². The fourth-order valence-corrected chi connectivity index (χ4v) is 4.83. The van der Waals surface area contributed by atoms with E-state index in [1.54, 1.807) is 0 Å². The molecule has 0 aliphatic carbocycles. The Kier molecular flexibility index (Phi) is 3.41. The molecule has 3 nitrogen and oxygen atoms in total. The van der Waals surface area contributed by atoms with Crippen LogP contribution < -0.4 is 10.6 Å². The van der Waals surface area contributed by atoms with Crippen molar-refractivity contribution in [1.82, 2.24) is 10.6 Å². The first-order chi connectivity index (χ1) is 8.20. The minimum atomic E-state index is 0.211. The van der Waals surface area contributed by atoms with Crippen LogP contribution in [0.15, 0.2) is 0 Å². The van der Waals surface area contributed by atoms with E-state index in [1.807, 2.05) is 0 Å². The maximum Gasteiger partial charge on any atom is 0.0795 e. The molecule has 3 fully saturated rings. The molecule has 0 aromatic rings. The standard InChI is InChI=1S/C13H24N2OS/c1-12(3-5-14-9-12)15-11-2-6-16-13(8-11)4-7-17-10-13/h11,14-15H,2-10H2,1H3. The van der Waals surface area contributed by atoms with Gasteiger partial charge in [0.2, 0.25) is 0 Å². The number of rotatable bonds is 2. The molecule has 0 aromatic carbocycles. The van der Waals surface area contributed by atoms with E-state index in [1.165, 1.54) is 37.2 Å². The Balaban J connectivity index is 1.60. The van der Waals surface area contributed by atoms with Gasteiger partial charge in [-0.2, -0.15) is 11.8 Å². The van der Waals surface area contributed by atoms with Crippen LogP contribution in [0, 0.1) is 0 Å². The first-order valence-corrected chi connectivity index (χ1v) is 8.05. The fraction of sp³-hybridized carbons (Fsp3) is 1.00. The smallest absolute Gasteiger partial charge is 0.0795 e. The zero-order valence-electron chi connectivity index (χ0n) is 10.8. The minimum Gasteiger partial charge on any atom is -0.374 e. The summed E-state index contributed by atoms with van der Waals surface area (Å²) < 4.78 is 6.08. The van der Waals surface area contributed by atoms with Crippen molar-refractivity contribution in [3.8, 4) is 0 Å². The Labute approximate surface area is 108 Å². The summed E-state index contributed by atoms with van der Waals surface area (Å²) in [6, 6.07) is 0.660. The molecule has 3 saturated heterocycles. The second-order valence-electron chi connectivity index (χ2n) is 6.16. The highest BCUT2D eigenvalue weighted by molar-refractivity contribution is 7.99. The summed E-state index contributed by atoms with van der Waals surface area (Å²) in [6.45, 7) is 5.58. The van der Waals surface area contributed by atoms with Gasteiger partial charge < -0.3 is 15.4 Å². The largest absolute Gasteiger partial charge is 0.374 e. The average molecular weight is 256 g/mol. The van der Waals surface area contributed by atoms with E-state index in [4.69, 9.17) is 4.74 Å². The maximum absolute atomic E-state index is 6.08. The van der Waals surface area contributed by atoms with Crippen LogP contribution in [-0.2, 0) is 4.74 Å². The minimum absolute atomic E-state index is 0.211. The molecule has 3 rings (SSSR count). The predicted octanol–water partition coefficient (Wildman–Crippen LogP) is 1.38. The monoisotopic (exact) mass is 256 g/mol. The number of ether oxygens (including phenoxy) is 1. The summed E-state index contributed by atoms with van der Waals surface area (Å²) in [4.78, 5) is 0. The van der Waals surface area contributed by atoms with E-state index in [2.05, 4.69) is 29.3 Å². The quantitative estimate of drug-likeness (QED) is 0.782. The maximum atomic E-state index is 6.08. The lowest BCUT2D eigenvalue weighted by Gasteiger charge is -2.41. The molecule has 1 spiro atoms. The molecule has 4 heteroatoms. The molecule has 3 atom stereocenters. The molecule has 0 radical (unpaired) electrons. The fourth-order valence-electron chi connectivity index (χ4n) is 3.45. The lowest BCUT2D eigenvalue weighted by molar-refractivity contribution is -0.0729. The van der Waals surface area contributed by atoms with Crippen LogP contribution in [0.3, 0.4) is 0 Å². The molecule has 0 saturated carbocycles. The normalized spacial score (nSPS) is 46.8. The van der Waals surface area contributed by atoms with Crippen LogP contribution in [0.1, 0.15) is 32.6 Å². The first-order valence-electron chi connectivity index (χ1n) is 6.90. The predicted molar refractivity (Wildman–Crippen MR) is 72.7 cm³/mol. The molecular weight excluding hydrogens is 232 g/mol. The van der Waals surface area contributed by atoms with Gasteiger partial charge in [0, 0.05) is 30.5 Å². The van der Waals surface area contributed by atoms with Crippen molar-refractivity contribution in [2.75, 3.05) is 31.2 Å². The summed E-state index contributed by atoms with van der Waals surface area (Å²) in [5, 5.41) is 7.36. The van der Waals surface area contributed by atoms with Crippen LogP contribution in [0.4, 0.5) is 0 Å². The van der Waals surface area contributed by atoms with Gasteiger partial charge in [0.15, 0.2) is 0 Å². The Morgan fingerprint density at radius 3 is 3.06 bits per heavy atom. The molecule has 0 amide bonds. The third-order valence-corrected chi connectivity index (χ3v) is 5.70. The van der Waals surface area contributed by atoms with E-state index < -0.39 is 0 Å². The second-order valence-corrected chi connectivity index (χ2v) is 7.26. The summed E-state index contributed by atoms with van der Waals surface area (Å²) in [7, 11) is 0. The molecular formula is C13H24N2OS. The summed E-state index contributed by atoms with van der Waals surface area (Å²) in [5.74, 6) is 2.49. The Morgan fingerprint density at radius 1 is 1.41 bits per heavy atom. The van der Waals surface area contributed by atoms with Crippen molar-refractivity contribution in [2.45, 2.75) is 49.8 Å². The van der Waals surface area contributed by atoms with Crippen LogP contribution in [0.25, 0.3) is 0 Å². The lowest BCUT2D eigenvalue weighted by Crippen LogP contribution is -2.55. The van der Waals surface area contributed by atoms with Gasteiger partial charge in [-0.15, -0.1) is 0 Å².